The van der Waals surface area contributed by atoms with Gasteiger partial charge in [-0.25, -0.2) is 18.4 Å². The van der Waals surface area contributed by atoms with E-state index in [0.29, 0.717) is 18.9 Å². The summed E-state index contributed by atoms with van der Waals surface area (Å²) in [5, 5.41) is 3.41. The van der Waals surface area contributed by atoms with Gasteiger partial charge in [0.25, 0.3) is 10.0 Å². The maximum Gasteiger partial charge on any atom is 0.318 e. The van der Waals surface area contributed by atoms with E-state index in [1.807, 2.05) is 30.3 Å². The largest absolute Gasteiger partial charge is 0.467 e. The standard InChI is InChI=1S/C19H22N6O3S/c1-24-12-18(21-13-24)29(26,27)25-10-15(14-6-4-3-5-7-14)16(11-25)22-17-8-9-20-19(23-17)28-2/h3-9,12-13,15-16H,10-11H2,1-2H3,(H,20,22,23)/t15-,16+/m1/s1. The second-order valence-electron chi connectivity index (χ2n) is 6.90. The second-order valence-corrected chi connectivity index (χ2v) is 8.78. The van der Waals surface area contributed by atoms with Crippen molar-refractivity contribution in [1.29, 1.82) is 0 Å². The molecule has 0 bridgehead atoms. The van der Waals surface area contributed by atoms with Gasteiger partial charge in [0, 0.05) is 44.5 Å². The number of nitrogens with zero attached hydrogens (tertiary/aromatic N) is 5. The average molecular weight is 414 g/mol. The molecule has 4 rings (SSSR count). The van der Waals surface area contributed by atoms with Crippen LogP contribution in [0.3, 0.4) is 0 Å². The molecule has 10 heteroatoms. The van der Waals surface area contributed by atoms with Gasteiger partial charge in [0.1, 0.15) is 5.82 Å². The molecule has 1 saturated heterocycles. The second kappa shape index (κ2) is 7.80. The van der Waals surface area contributed by atoms with Gasteiger partial charge in [0.15, 0.2) is 5.03 Å². The van der Waals surface area contributed by atoms with Crippen molar-refractivity contribution in [2.45, 2.75) is 17.0 Å². The molecule has 0 saturated carbocycles. The first-order chi connectivity index (χ1) is 14.0. The van der Waals surface area contributed by atoms with E-state index in [1.165, 1.54) is 23.9 Å². The van der Waals surface area contributed by atoms with Crippen molar-refractivity contribution in [1.82, 2.24) is 23.8 Å². The summed E-state index contributed by atoms with van der Waals surface area (Å²) in [6.07, 6.45) is 4.60. The number of imidazole rings is 1. The van der Waals surface area contributed by atoms with Crippen molar-refractivity contribution in [3.05, 3.63) is 60.7 Å². The van der Waals surface area contributed by atoms with Gasteiger partial charge in [-0.2, -0.15) is 9.29 Å². The Morgan fingerprint density at radius 1 is 1.14 bits per heavy atom. The normalized spacial score (nSPS) is 19.9. The minimum absolute atomic E-state index is 0.0457. The third kappa shape index (κ3) is 3.94. The number of ether oxygens (including phenoxy) is 1. The number of methoxy groups -OCH3 is 1. The van der Waals surface area contributed by atoms with Crippen molar-refractivity contribution >= 4 is 15.8 Å². The molecular formula is C19H22N6O3S. The maximum absolute atomic E-state index is 13.1. The Bertz CT molecular complexity index is 1090. The highest BCUT2D eigenvalue weighted by atomic mass is 32.2. The molecule has 3 aromatic rings. The highest BCUT2D eigenvalue weighted by molar-refractivity contribution is 7.89. The Hall–Kier alpha value is -2.98. The summed E-state index contributed by atoms with van der Waals surface area (Å²) in [6, 6.07) is 11.7. The summed E-state index contributed by atoms with van der Waals surface area (Å²) in [7, 11) is -0.445. The van der Waals surface area contributed by atoms with Crippen molar-refractivity contribution in [3.63, 3.8) is 0 Å². The zero-order chi connectivity index (χ0) is 20.4. The summed E-state index contributed by atoms with van der Waals surface area (Å²) >= 11 is 0. The Labute approximate surface area is 169 Å². The van der Waals surface area contributed by atoms with Crippen LogP contribution >= 0.6 is 0 Å². The van der Waals surface area contributed by atoms with E-state index in [4.69, 9.17) is 4.74 Å². The van der Waals surface area contributed by atoms with Crippen molar-refractivity contribution in [2.75, 3.05) is 25.5 Å². The van der Waals surface area contributed by atoms with E-state index < -0.39 is 10.0 Å². The van der Waals surface area contributed by atoms with Gasteiger partial charge >= 0.3 is 6.01 Å². The number of benzene rings is 1. The molecule has 0 aliphatic carbocycles. The molecule has 0 radical (unpaired) electrons. The number of sulfonamides is 1. The van der Waals surface area contributed by atoms with Gasteiger partial charge < -0.3 is 14.6 Å². The smallest absolute Gasteiger partial charge is 0.318 e. The summed E-state index contributed by atoms with van der Waals surface area (Å²) in [4.78, 5) is 12.4. The molecule has 1 fully saturated rings. The van der Waals surface area contributed by atoms with Crippen LogP contribution in [-0.2, 0) is 17.1 Å². The number of hydrogen-bond donors (Lipinski definition) is 1. The van der Waals surface area contributed by atoms with Crippen LogP contribution in [0.2, 0.25) is 0 Å². The number of anilines is 1. The highest BCUT2D eigenvalue weighted by Crippen LogP contribution is 2.32. The van der Waals surface area contributed by atoms with Gasteiger partial charge in [0.05, 0.1) is 13.4 Å². The molecule has 152 valence electrons. The third-order valence-corrected chi connectivity index (χ3v) is 6.67. The molecular weight excluding hydrogens is 392 g/mol. The molecule has 3 heterocycles. The summed E-state index contributed by atoms with van der Waals surface area (Å²) in [5.74, 6) is 0.538. The van der Waals surface area contributed by atoms with E-state index in [2.05, 4.69) is 20.3 Å². The Balaban J connectivity index is 1.64. The number of rotatable bonds is 6. The fourth-order valence-electron chi connectivity index (χ4n) is 3.51. The van der Waals surface area contributed by atoms with E-state index in [-0.39, 0.29) is 23.0 Å². The first-order valence-electron chi connectivity index (χ1n) is 9.14. The predicted octanol–water partition coefficient (Wildman–Crippen LogP) is 1.49. The van der Waals surface area contributed by atoms with Gasteiger partial charge in [-0.15, -0.1) is 0 Å². The third-order valence-electron chi connectivity index (χ3n) is 4.95. The molecule has 9 nitrogen and oxygen atoms in total. The SMILES string of the molecule is COc1nccc(N[C@H]2CN(S(=O)(=O)c3cn(C)cn3)C[C@@H]2c2ccccc2)n1. The highest BCUT2D eigenvalue weighted by Gasteiger charge is 2.41. The Kier molecular flexibility index (Phi) is 5.20. The lowest BCUT2D eigenvalue weighted by atomic mass is 9.94. The lowest BCUT2D eigenvalue weighted by Gasteiger charge is -2.20. The maximum atomic E-state index is 13.1. The average Bonchev–Trinajstić information content (AvgIpc) is 3.36. The Morgan fingerprint density at radius 3 is 2.62 bits per heavy atom. The predicted molar refractivity (Wildman–Crippen MR) is 107 cm³/mol. The van der Waals surface area contributed by atoms with E-state index in [1.54, 1.807) is 23.9 Å². The van der Waals surface area contributed by atoms with Gasteiger partial charge in [-0.05, 0) is 11.6 Å². The summed E-state index contributed by atoms with van der Waals surface area (Å²) in [5.41, 5.74) is 1.06. The zero-order valence-electron chi connectivity index (χ0n) is 16.1. The zero-order valence-corrected chi connectivity index (χ0v) is 17.0. The van der Waals surface area contributed by atoms with Crippen LogP contribution < -0.4 is 10.1 Å². The molecule has 0 spiro atoms. The molecule has 2 atom stereocenters. The fourth-order valence-corrected chi connectivity index (χ4v) is 4.97. The first kappa shape index (κ1) is 19.3. The van der Waals surface area contributed by atoms with E-state index >= 15 is 0 Å². The van der Waals surface area contributed by atoms with Crippen LogP contribution in [-0.4, -0.2) is 58.5 Å². The summed E-state index contributed by atoms with van der Waals surface area (Å²) in [6.45, 7) is 0.646. The number of aromatic nitrogens is 4. The van der Waals surface area contributed by atoms with Crippen LogP contribution in [0.25, 0.3) is 0 Å². The number of hydrogen-bond acceptors (Lipinski definition) is 7. The van der Waals surface area contributed by atoms with E-state index in [0.717, 1.165) is 5.56 Å². The lowest BCUT2D eigenvalue weighted by molar-refractivity contribution is 0.380. The Morgan fingerprint density at radius 2 is 1.93 bits per heavy atom. The molecule has 1 aliphatic rings. The minimum Gasteiger partial charge on any atom is -0.467 e. The molecule has 29 heavy (non-hydrogen) atoms. The van der Waals surface area contributed by atoms with Crippen LogP contribution in [0.15, 0.2) is 60.1 Å². The lowest BCUT2D eigenvalue weighted by Crippen LogP contribution is -2.32. The topological polar surface area (TPSA) is 102 Å². The van der Waals surface area contributed by atoms with Gasteiger partial charge in [-0.1, -0.05) is 30.3 Å². The molecule has 2 aromatic heterocycles. The molecule has 0 amide bonds. The fraction of sp³-hybridized carbons (Fsp3) is 0.316. The van der Waals surface area contributed by atoms with Crippen LogP contribution in [0.4, 0.5) is 5.82 Å². The van der Waals surface area contributed by atoms with Crippen LogP contribution in [0, 0.1) is 0 Å². The van der Waals surface area contributed by atoms with Crippen molar-refractivity contribution in [3.8, 4) is 6.01 Å². The quantitative estimate of drug-likeness (QED) is 0.652. The first-order valence-corrected chi connectivity index (χ1v) is 10.6. The number of aryl methyl sites for hydroxylation is 1. The monoisotopic (exact) mass is 414 g/mol. The minimum atomic E-state index is -3.69. The molecule has 1 aliphatic heterocycles. The number of nitrogens with one attached hydrogen (secondary N) is 1. The molecule has 0 unspecified atom stereocenters. The van der Waals surface area contributed by atoms with Gasteiger partial charge in [0.2, 0.25) is 0 Å². The van der Waals surface area contributed by atoms with Crippen molar-refractivity contribution < 1.29 is 13.2 Å². The van der Waals surface area contributed by atoms with E-state index in [9.17, 15) is 8.42 Å². The van der Waals surface area contributed by atoms with Crippen LogP contribution in [0.1, 0.15) is 11.5 Å². The molecule has 1 N–H and O–H groups in total. The van der Waals surface area contributed by atoms with Crippen molar-refractivity contribution in [2.24, 2.45) is 7.05 Å². The molecule has 1 aromatic carbocycles. The van der Waals surface area contributed by atoms with Gasteiger partial charge in [-0.3, -0.25) is 0 Å². The van der Waals surface area contributed by atoms with Crippen LogP contribution in [0.5, 0.6) is 6.01 Å². The summed E-state index contributed by atoms with van der Waals surface area (Å²) < 4.78 is 34.4.